The number of nitrogens with zero attached hydrogens (tertiary/aromatic N) is 2. The van der Waals surface area contributed by atoms with Crippen molar-refractivity contribution in [1.29, 1.82) is 0 Å². The Balaban J connectivity index is 1.13. The van der Waals surface area contributed by atoms with Crippen LogP contribution in [0.5, 0.6) is 5.75 Å². The zero-order valence-corrected chi connectivity index (χ0v) is 15.6. The lowest BCUT2D eigenvalue weighted by atomic mass is 9.44. The van der Waals surface area contributed by atoms with Gasteiger partial charge in [0.1, 0.15) is 11.6 Å². The molecule has 2 bridgehead atoms. The summed E-state index contributed by atoms with van der Waals surface area (Å²) >= 11 is 5.64. The maximum Gasteiger partial charge on any atom is 0.258 e. The number of carbonyl (C=O) groups is 1. The van der Waals surface area contributed by atoms with Gasteiger partial charge in [0.15, 0.2) is 6.61 Å². The molecule has 0 saturated heterocycles. The van der Waals surface area contributed by atoms with Gasteiger partial charge in [0, 0.05) is 23.7 Å². The van der Waals surface area contributed by atoms with Gasteiger partial charge in [-0.2, -0.15) is 0 Å². The number of imidazole rings is 1. The molecular weight excluding hydrogens is 369 g/mol. The van der Waals surface area contributed by atoms with E-state index >= 15 is 0 Å². The third kappa shape index (κ3) is 2.81. The third-order valence-corrected chi connectivity index (χ3v) is 6.65. The molecule has 1 heterocycles. The highest BCUT2D eigenvalue weighted by Crippen LogP contribution is 2.65. The van der Waals surface area contributed by atoms with Gasteiger partial charge in [0.2, 0.25) is 0 Å². The molecule has 5 nitrogen and oxygen atoms in total. The molecule has 4 saturated carbocycles. The molecule has 4 aliphatic carbocycles. The summed E-state index contributed by atoms with van der Waals surface area (Å²) in [4.78, 5) is 16.8. The topological polar surface area (TPSA) is 56.1 Å². The lowest BCUT2D eigenvalue weighted by Crippen LogP contribution is -2.78. The van der Waals surface area contributed by atoms with Crippen LogP contribution in [0.15, 0.2) is 30.7 Å². The fraction of sp³-hybridized carbons (Fsp3) is 0.500. The van der Waals surface area contributed by atoms with Crippen molar-refractivity contribution < 1.29 is 13.9 Å². The maximum atomic E-state index is 13.4. The number of aromatic nitrogens is 2. The Hall–Kier alpha value is -2.08. The van der Waals surface area contributed by atoms with Crippen molar-refractivity contribution in [2.75, 3.05) is 6.61 Å². The van der Waals surface area contributed by atoms with Gasteiger partial charge in [-0.1, -0.05) is 18.0 Å². The predicted molar refractivity (Wildman–Crippen MR) is 98.4 cm³/mol. The van der Waals surface area contributed by atoms with E-state index in [2.05, 4.69) is 21.1 Å². The van der Waals surface area contributed by atoms with Crippen LogP contribution in [0.4, 0.5) is 4.39 Å². The van der Waals surface area contributed by atoms with Crippen LogP contribution < -0.4 is 10.1 Å². The Morgan fingerprint density at radius 2 is 2.15 bits per heavy atom. The molecule has 0 unspecified atom stereocenters. The minimum atomic E-state index is -0.558. The first-order chi connectivity index (χ1) is 13.0. The highest BCUT2D eigenvalue weighted by Gasteiger charge is 2.69. The molecule has 6 rings (SSSR count). The first-order valence-corrected chi connectivity index (χ1v) is 9.78. The molecule has 7 heteroatoms. The first-order valence-electron chi connectivity index (χ1n) is 9.40. The van der Waals surface area contributed by atoms with Crippen LogP contribution >= 0.6 is 11.6 Å². The fourth-order valence-electron chi connectivity index (χ4n) is 4.70. The van der Waals surface area contributed by atoms with E-state index in [9.17, 15) is 9.18 Å². The number of benzene rings is 1. The van der Waals surface area contributed by atoms with E-state index in [0.29, 0.717) is 11.7 Å². The quantitative estimate of drug-likeness (QED) is 0.818. The van der Waals surface area contributed by atoms with Crippen molar-refractivity contribution in [3.8, 4) is 5.75 Å². The van der Waals surface area contributed by atoms with Gasteiger partial charge in [-0.25, -0.2) is 9.37 Å². The second kappa shape index (κ2) is 5.96. The van der Waals surface area contributed by atoms with Crippen LogP contribution in [0, 0.1) is 5.82 Å². The average Bonchev–Trinajstić information content (AvgIpc) is 2.98. The molecule has 1 aromatic carbocycles. The lowest BCUT2D eigenvalue weighted by Gasteiger charge is -2.70. The minimum absolute atomic E-state index is 0.0333. The van der Waals surface area contributed by atoms with Crippen LogP contribution in [0.3, 0.4) is 0 Å². The molecular formula is C20H21ClFN3O2. The summed E-state index contributed by atoms with van der Waals surface area (Å²) < 4.78 is 21.0. The summed E-state index contributed by atoms with van der Waals surface area (Å²) in [5, 5.41) is 3.12. The number of hydrogen-bond donors (Lipinski definition) is 1. The van der Waals surface area contributed by atoms with Gasteiger partial charge in [-0.05, 0) is 44.2 Å². The molecule has 27 heavy (non-hydrogen) atoms. The summed E-state index contributed by atoms with van der Waals surface area (Å²) in [6.45, 7) is -0.132. The van der Waals surface area contributed by atoms with Gasteiger partial charge in [-0.3, -0.25) is 4.79 Å². The predicted octanol–water partition coefficient (Wildman–Crippen LogP) is 3.77. The number of hydrogen-bond acceptors (Lipinski definition) is 3. The van der Waals surface area contributed by atoms with Gasteiger partial charge in [-0.15, -0.1) is 0 Å². The van der Waals surface area contributed by atoms with Crippen LogP contribution in [0.1, 0.15) is 50.1 Å². The van der Waals surface area contributed by atoms with Crippen molar-refractivity contribution in [2.45, 2.75) is 55.5 Å². The zero-order valence-electron chi connectivity index (χ0n) is 14.9. The van der Waals surface area contributed by atoms with Crippen LogP contribution in [0.2, 0.25) is 5.02 Å². The van der Waals surface area contributed by atoms with Crippen molar-refractivity contribution in [1.82, 2.24) is 14.9 Å². The van der Waals surface area contributed by atoms with E-state index in [1.165, 1.54) is 37.1 Å². The lowest BCUT2D eigenvalue weighted by molar-refractivity contribution is -0.156. The third-order valence-electron chi connectivity index (χ3n) is 6.34. The summed E-state index contributed by atoms with van der Waals surface area (Å²) in [6.07, 6.45) is 10.8. The molecule has 0 aliphatic heterocycles. The second-order valence-electron chi connectivity index (χ2n) is 8.28. The van der Waals surface area contributed by atoms with Crippen molar-refractivity contribution in [3.63, 3.8) is 0 Å². The minimum Gasteiger partial charge on any atom is -0.484 e. The Bertz CT molecular complexity index is 889. The van der Waals surface area contributed by atoms with Gasteiger partial charge in [0.25, 0.3) is 5.91 Å². The zero-order chi connectivity index (χ0) is 18.6. The fourth-order valence-corrected chi connectivity index (χ4v) is 4.82. The number of rotatable bonds is 6. The average molecular weight is 390 g/mol. The normalized spacial score (nSPS) is 28.7. The van der Waals surface area contributed by atoms with Gasteiger partial charge in [0.05, 0.1) is 22.6 Å². The second-order valence-corrected chi connectivity index (χ2v) is 8.69. The van der Waals surface area contributed by atoms with Crippen molar-refractivity contribution in [3.05, 3.63) is 47.3 Å². The molecule has 1 N–H and O–H groups in total. The van der Waals surface area contributed by atoms with E-state index in [-0.39, 0.29) is 28.6 Å². The largest absolute Gasteiger partial charge is 0.484 e. The molecule has 4 aliphatic rings. The standard InChI is InChI=1S/C20H21ClFN3O2/c21-15-5-4-14(6-16(15)22)27-8-18(26)24-19-9-20(10-19,11-19)25-7-17(23-12-25)13-2-1-3-13/h4-7,12-13H,1-3,8-11H2,(H,24,26). The maximum absolute atomic E-state index is 13.4. The van der Waals surface area contributed by atoms with Gasteiger partial charge >= 0.3 is 0 Å². The number of nitrogens with one attached hydrogen (secondary N) is 1. The molecule has 4 fully saturated rings. The van der Waals surface area contributed by atoms with Crippen LogP contribution in [0.25, 0.3) is 0 Å². The molecule has 1 amide bonds. The Morgan fingerprint density at radius 1 is 1.37 bits per heavy atom. The summed E-state index contributed by atoms with van der Waals surface area (Å²) in [6, 6.07) is 4.15. The number of ether oxygens (including phenoxy) is 1. The molecule has 0 radical (unpaired) electrons. The molecule has 1 aromatic heterocycles. The van der Waals surface area contributed by atoms with E-state index < -0.39 is 5.82 Å². The number of carbonyl (C=O) groups excluding carboxylic acids is 1. The van der Waals surface area contributed by atoms with E-state index in [0.717, 1.165) is 19.3 Å². The first kappa shape index (κ1) is 17.0. The van der Waals surface area contributed by atoms with E-state index in [4.69, 9.17) is 16.3 Å². The molecule has 142 valence electrons. The highest BCUT2D eigenvalue weighted by molar-refractivity contribution is 6.30. The highest BCUT2D eigenvalue weighted by atomic mass is 35.5. The van der Waals surface area contributed by atoms with E-state index in [1.54, 1.807) is 6.07 Å². The van der Waals surface area contributed by atoms with Crippen molar-refractivity contribution >= 4 is 17.5 Å². The molecule has 0 atom stereocenters. The van der Waals surface area contributed by atoms with Gasteiger partial charge < -0.3 is 14.6 Å². The Labute approximate surface area is 161 Å². The smallest absolute Gasteiger partial charge is 0.258 e. The number of amides is 1. The summed E-state index contributed by atoms with van der Waals surface area (Å²) in [7, 11) is 0. The Kier molecular flexibility index (Phi) is 3.76. The summed E-state index contributed by atoms with van der Waals surface area (Å²) in [5.41, 5.74) is 1.22. The van der Waals surface area contributed by atoms with Crippen LogP contribution in [-0.4, -0.2) is 27.6 Å². The van der Waals surface area contributed by atoms with Crippen molar-refractivity contribution in [2.24, 2.45) is 0 Å². The van der Waals surface area contributed by atoms with E-state index in [1.807, 2.05) is 6.33 Å². The van der Waals surface area contributed by atoms with Crippen LogP contribution in [-0.2, 0) is 10.3 Å². The molecule has 2 aromatic rings. The Morgan fingerprint density at radius 3 is 2.81 bits per heavy atom. The monoisotopic (exact) mass is 389 g/mol. The summed E-state index contributed by atoms with van der Waals surface area (Å²) in [5.74, 6) is 0.196. The SMILES string of the molecule is O=C(COc1ccc(Cl)c(F)c1)NC12CC(n3cnc(C4CCC4)c3)(C1)C2. The number of halogens is 2. The molecule has 0 spiro atoms.